The van der Waals surface area contributed by atoms with Crippen LogP contribution in [0, 0.1) is 0 Å². The number of nitrogens with zero attached hydrogens (tertiary/aromatic N) is 2. The van der Waals surface area contributed by atoms with Gasteiger partial charge in [0.05, 0.1) is 17.0 Å². The van der Waals surface area contributed by atoms with E-state index in [0.717, 1.165) is 5.69 Å². The van der Waals surface area contributed by atoms with Gasteiger partial charge in [0.2, 0.25) is 10.0 Å². The van der Waals surface area contributed by atoms with Gasteiger partial charge in [-0.25, -0.2) is 8.42 Å². The highest BCUT2D eigenvalue weighted by Crippen LogP contribution is 2.37. The number of hydrogen-bond acceptors (Lipinski definition) is 3. The van der Waals surface area contributed by atoms with Crippen LogP contribution < -0.4 is 0 Å². The zero-order valence-corrected chi connectivity index (χ0v) is 13.5. The summed E-state index contributed by atoms with van der Waals surface area (Å²) in [5, 5.41) is 10.7. The molecule has 22 heavy (non-hydrogen) atoms. The lowest BCUT2D eigenvalue weighted by Crippen LogP contribution is -2.49. The van der Waals surface area contributed by atoms with E-state index in [9.17, 15) is 13.5 Å². The van der Waals surface area contributed by atoms with Crippen molar-refractivity contribution >= 4 is 10.0 Å². The summed E-state index contributed by atoms with van der Waals surface area (Å²) in [6.07, 6.45) is 1.57. The number of sulfonamides is 1. The third kappa shape index (κ3) is 2.27. The van der Waals surface area contributed by atoms with Crippen molar-refractivity contribution in [1.82, 2.24) is 8.87 Å². The van der Waals surface area contributed by atoms with E-state index in [1.807, 2.05) is 29.9 Å². The Bertz CT molecular complexity index is 782. The molecule has 0 fully saturated rings. The van der Waals surface area contributed by atoms with Crippen molar-refractivity contribution in [1.29, 1.82) is 0 Å². The number of benzene rings is 1. The largest absolute Gasteiger partial charge is 0.387 e. The number of fused-ring (bicyclic) bond motifs is 1. The van der Waals surface area contributed by atoms with Gasteiger partial charge in [0.1, 0.15) is 0 Å². The zero-order valence-electron chi connectivity index (χ0n) is 12.7. The molecule has 0 unspecified atom stereocenters. The molecule has 2 heterocycles. The first-order valence-corrected chi connectivity index (χ1v) is 8.80. The van der Waals surface area contributed by atoms with Crippen molar-refractivity contribution in [3.63, 3.8) is 0 Å². The predicted molar refractivity (Wildman–Crippen MR) is 83.9 cm³/mol. The fourth-order valence-electron chi connectivity index (χ4n) is 3.17. The molecule has 0 saturated carbocycles. The normalized spacial score (nSPS) is 24.1. The molecule has 2 atom stereocenters. The van der Waals surface area contributed by atoms with Gasteiger partial charge in [-0.15, -0.1) is 0 Å². The first-order chi connectivity index (χ1) is 10.5. The summed E-state index contributed by atoms with van der Waals surface area (Å²) in [5.74, 6) is 0. The van der Waals surface area contributed by atoms with E-state index in [4.69, 9.17) is 0 Å². The van der Waals surface area contributed by atoms with Crippen molar-refractivity contribution in [3.05, 3.63) is 53.9 Å². The first kappa shape index (κ1) is 15.3. The van der Waals surface area contributed by atoms with E-state index in [1.54, 1.807) is 31.2 Å². The Morgan fingerprint density at radius 2 is 1.91 bits per heavy atom. The quantitative estimate of drug-likeness (QED) is 0.936. The van der Waals surface area contributed by atoms with Crippen LogP contribution in [0.1, 0.15) is 24.3 Å². The van der Waals surface area contributed by atoms with Crippen LogP contribution >= 0.6 is 0 Å². The van der Waals surface area contributed by atoms with E-state index < -0.39 is 22.2 Å². The first-order valence-electron chi connectivity index (χ1n) is 7.36. The van der Waals surface area contributed by atoms with Gasteiger partial charge in [-0.05, 0) is 18.2 Å². The van der Waals surface area contributed by atoms with Gasteiger partial charge >= 0.3 is 0 Å². The van der Waals surface area contributed by atoms with Crippen LogP contribution in [0.3, 0.4) is 0 Å². The second-order valence-corrected chi connectivity index (χ2v) is 7.43. The summed E-state index contributed by atoms with van der Waals surface area (Å²) in [7, 11) is -1.65. The average molecular weight is 320 g/mol. The van der Waals surface area contributed by atoms with Crippen LogP contribution in [0.25, 0.3) is 0 Å². The Morgan fingerprint density at radius 3 is 2.55 bits per heavy atom. The van der Waals surface area contributed by atoms with Gasteiger partial charge in [-0.2, -0.15) is 4.31 Å². The van der Waals surface area contributed by atoms with Gasteiger partial charge < -0.3 is 9.67 Å². The maximum atomic E-state index is 12.8. The van der Waals surface area contributed by atoms with Gasteiger partial charge in [0.15, 0.2) is 0 Å². The fourth-order valence-corrected chi connectivity index (χ4v) is 5.05. The topological polar surface area (TPSA) is 62.5 Å². The molecule has 0 saturated heterocycles. The summed E-state index contributed by atoms with van der Waals surface area (Å²) >= 11 is 0. The van der Waals surface area contributed by atoms with E-state index in [0.29, 0.717) is 18.5 Å². The monoisotopic (exact) mass is 320 g/mol. The highest BCUT2D eigenvalue weighted by atomic mass is 32.2. The molecule has 0 aliphatic carbocycles. The summed E-state index contributed by atoms with van der Waals surface area (Å²) in [4.78, 5) is 0.215. The molecule has 1 aliphatic rings. The van der Waals surface area contributed by atoms with Crippen LogP contribution in [0.15, 0.2) is 47.5 Å². The Kier molecular flexibility index (Phi) is 3.84. The van der Waals surface area contributed by atoms with Crippen molar-refractivity contribution in [2.75, 3.05) is 6.54 Å². The second kappa shape index (κ2) is 5.53. The minimum absolute atomic E-state index is 0.215. The van der Waals surface area contributed by atoms with Crippen molar-refractivity contribution < 1.29 is 13.5 Å². The van der Waals surface area contributed by atoms with Crippen LogP contribution in [0.5, 0.6) is 0 Å². The number of aryl methyl sites for hydroxylation is 1. The Hall–Kier alpha value is -1.63. The SMILES string of the molecule is CCN1[C@H](Cc2cccn2C)[C@@H](O)c2ccccc2S1(=O)=O. The van der Waals surface area contributed by atoms with Crippen molar-refractivity contribution in [3.8, 4) is 0 Å². The lowest BCUT2D eigenvalue weighted by Gasteiger charge is -2.38. The number of aromatic nitrogens is 1. The molecule has 1 aliphatic heterocycles. The predicted octanol–water partition coefficient (Wildman–Crippen LogP) is 1.69. The molecule has 118 valence electrons. The van der Waals surface area contributed by atoms with Crippen molar-refractivity contribution in [2.45, 2.75) is 30.4 Å². The molecule has 1 N–H and O–H groups in total. The number of hydrogen-bond donors (Lipinski definition) is 1. The lowest BCUT2D eigenvalue weighted by atomic mass is 9.97. The molecular formula is C16H20N2O3S. The van der Waals surface area contributed by atoms with Crippen LogP contribution in [0.4, 0.5) is 0 Å². The summed E-state index contributed by atoms with van der Waals surface area (Å²) in [5.41, 5.74) is 1.49. The Morgan fingerprint density at radius 1 is 1.18 bits per heavy atom. The maximum Gasteiger partial charge on any atom is 0.243 e. The second-order valence-electron chi connectivity index (χ2n) is 5.57. The molecule has 5 nitrogen and oxygen atoms in total. The fraction of sp³-hybridized carbons (Fsp3) is 0.375. The molecule has 3 rings (SSSR count). The number of aliphatic hydroxyl groups excluding tert-OH is 1. The van der Waals surface area contributed by atoms with E-state index in [2.05, 4.69) is 0 Å². The van der Waals surface area contributed by atoms with Gasteiger partial charge in [-0.3, -0.25) is 0 Å². The van der Waals surface area contributed by atoms with Crippen molar-refractivity contribution in [2.24, 2.45) is 7.05 Å². The number of likely N-dealkylation sites (N-methyl/N-ethyl adjacent to an activating group) is 1. The summed E-state index contributed by atoms with van der Waals surface area (Å²) in [6.45, 7) is 2.14. The van der Waals surface area contributed by atoms with Crippen LogP contribution in [-0.2, 0) is 23.5 Å². The smallest absolute Gasteiger partial charge is 0.243 e. The molecule has 0 radical (unpaired) electrons. The van der Waals surface area contributed by atoms with E-state index in [1.165, 1.54) is 4.31 Å². The molecule has 1 aromatic heterocycles. The Balaban J connectivity index is 2.09. The Labute approximate surface area is 130 Å². The van der Waals surface area contributed by atoms with E-state index in [-0.39, 0.29) is 4.90 Å². The summed E-state index contributed by atoms with van der Waals surface area (Å²) < 4.78 is 29.0. The molecular weight excluding hydrogens is 300 g/mol. The molecule has 0 amide bonds. The third-order valence-electron chi connectivity index (χ3n) is 4.34. The van der Waals surface area contributed by atoms with Gasteiger partial charge in [0.25, 0.3) is 0 Å². The number of aliphatic hydroxyl groups is 1. The number of rotatable bonds is 3. The highest BCUT2D eigenvalue weighted by Gasteiger charge is 2.42. The minimum Gasteiger partial charge on any atom is -0.387 e. The standard InChI is InChI=1S/C16H20N2O3S/c1-3-18-14(11-12-7-6-10-17(12)2)16(19)13-8-4-5-9-15(13)22(18,20)21/h4-10,14,16,19H,3,11H2,1-2H3/t14-,16+/m1/s1. The van der Waals surface area contributed by atoms with Crippen LogP contribution in [0.2, 0.25) is 0 Å². The van der Waals surface area contributed by atoms with Crippen LogP contribution in [-0.4, -0.2) is 35.0 Å². The zero-order chi connectivity index (χ0) is 15.9. The minimum atomic E-state index is -3.57. The van der Waals surface area contributed by atoms with Gasteiger partial charge in [0, 0.05) is 37.5 Å². The van der Waals surface area contributed by atoms with Gasteiger partial charge in [-0.1, -0.05) is 25.1 Å². The average Bonchev–Trinajstić information content (AvgIpc) is 2.90. The van der Waals surface area contributed by atoms with E-state index >= 15 is 0 Å². The summed E-state index contributed by atoms with van der Waals surface area (Å²) in [6, 6.07) is 10.1. The maximum absolute atomic E-state index is 12.8. The lowest BCUT2D eigenvalue weighted by molar-refractivity contribution is 0.0808. The molecule has 6 heteroatoms. The molecule has 2 aromatic rings. The molecule has 0 bridgehead atoms. The highest BCUT2D eigenvalue weighted by molar-refractivity contribution is 7.89. The third-order valence-corrected chi connectivity index (χ3v) is 6.41. The molecule has 1 aromatic carbocycles. The molecule has 0 spiro atoms.